The molecule has 0 amide bonds. The molecule has 1 aliphatic heterocycles. The van der Waals surface area contributed by atoms with E-state index in [-0.39, 0.29) is 11.7 Å². The van der Waals surface area contributed by atoms with Crippen LogP contribution in [0.1, 0.15) is 27.9 Å². The molecule has 1 fully saturated rings. The maximum Gasteiger partial charge on any atom is 0.335 e. The summed E-state index contributed by atoms with van der Waals surface area (Å²) in [7, 11) is 0. The lowest BCUT2D eigenvalue weighted by molar-refractivity contribution is 0.0696. The Morgan fingerprint density at radius 2 is 2.17 bits per heavy atom. The van der Waals surface area contributed by atoms with Crippen molar-refractivity contribution in [3.05, 3.63) is 53.1 Å². The third-order valence-electron chi connectivity index (χ3n) is 3.95. The highest BCUT2D eigenvalue weighted by molar-refractivity contribution is 5.90. The van der Waals surface area contributed by atoms with Gasteiger partial charge in [0.1, 0.15) is 11.9 Å². The van der Waals surface area contributed by atoms with Crippen LogP contribution in [0.25, 0.3) is 11.1 Å². The van der Waals surface area contributed by atoms with Crippen LogP contribution in [0.5, 0.6) is 5.75 Å². The number of nitrogens with zero attached hydrogens (tertiary/aromatic N) is 1. The Kier molecular flexibility index (Phi) is 4.50. The number of hydrogen-bond donors (Lipinski definition) is 1. The minimum atomic E-state index is -1.03. The molecular weight excluding hydrogens is 306 g/mol. The Bertz CT molecular complexity index is 817. The Labute approximate surface area is 140 Å². The molecule has 0 aromatic heterocycles. The SMILES string of the molecule is Cc1ccc(-c2cc(OC3CCOC3)cc(C(=O)O)c2)c(C#N)c1. The normalized spacial score (nSPS) is 16.6. The van der Waals surface area contributed by atoms with E-state index in [4.69, 9.17) is 9.47 Å². The van der Waals surface area contributed by atoms with Gasteiger partial charge < -0.3 is 14.6 Å². The summed E-state index contributed by atoms with van der Waals surface area (Å²) < 4.78 is 11.1. The summed E-state index contributed by atoms with van der Waals surface area (Å²) >= 11 is 0. The number of aryl methyl sites for hydroxylation is 1. The molecule has 0 radical (unpaired) electrons. The van der Waals surface area contributed by atoms with Crippen molar-refractivity contribution in [3.8, 4) is 22.9 Å². The second-order valence-corrected chi connectivity index (χ2v) is 5.82. The summed E-state index contributed by atoms with van der Waals surface area (Å²) in [5.41, 5.74) is 2.96. The second kappa shape index (κ2) is 6.73. The van der Waals surface area contributed by atoms with Gasteiger partial charge in [0.05, 0.1) is 30.4 Å². The van der Waals surface area contributed by atoms with E-state index in [9.17, 15) is 15.2 Å². The first-order valence-corrected chi connectivity index (χ1v) is 7.71. The van der Waals surface area contributed by atoms with E-state index in [1.54, 1.807) is 18.2 Å². The molecule has 2 aromatic rings. The summed E-state index contributed by atoms with van der Waals surface area (Å²) in [4.78, 5) is 11.4. The number of aromatic carboxylic acids is 1. The van der Waals surface area contributed by atoms with Gasteiger partial charge >= 0.3 is 5.97 Å². The van der Waals surface area contributed by atoms with Crippen LogP contribution in [0, 0.1) is 18.3 Å². The largest absolute Gasteiger partial charge is 0.488 e. The van der Waals surface area contributed by atoms with E-state index >= 15 is 0 Å². The highest BCUT2D eigenvalue weighted by atomic mass is 16.5. The lowest BCUT2D eigenvalue weighted by Gasteiger charge is -2.14. The fourth-order valence-corrected chi connectivity index (χ4v) is 2.75. The number of nitriles is 1. The van der Waals surface area contributed by atoms with Crippen LogP contribution in [-0.2, 0) is 4.74 Å². The fraction of sp³-hybridized carbons (Fsp3) is 0.263. The van der Waals surface area contributed by atoms with E-state index in [1.165, 1.54) is 6.07 Å². The standard InChI is InChI=1S/C19H17NO4/c1-12-2-3-18(15(6-12)10-20)13-7-14(19(21)22)9-17(8-13)24-16-4-5-23-11-16/h2-3,6-9,16H,4-5,11H2,1H3,(H,21,22). The molecule has 1 N–H and O–H groups in total. The predicted octanol–water partition coefficient (Wildman–Crippen LogP) is 3.40. The van der Waals surface area contributed by atoms with Crippen molar-refractivity contribution in [2.75, 3.05) is 13.2 Å². The topological polar surface area (TPSA) is 79.6 Å². The summed E-state index contributed by atoms with van der Waals surface area (Å²) in [6, 6.07) is 12.5. The van der Waals surface area contributed by atoms with Gasteiger partial charge in [0, 0.05) is 6.42 Å². The lowest BCUT2D eigenvalue weighted by Crippen LogP contribution is -2.16. The monoisotopic (exact) mass is 323 g/mol. The fourth-order valence-electron chi connectivity index (χ4n) is 2.75. The van der Waals surface area contributed by atoms with Gasteiger partial charge in [-0.25, -0.2) is 4.79 Å². The first-order valence-electron chi connectivity index (χ1n) is 7.71. The van der Waals surface area contributed by atoms with E-state index in [2.05, 4.69) is 6.07 Å². The quantitative estimate of drug-likeness (QED) is 0.933. The molecule has 0 bridgehead atoms. The van der Waals surface area contributed by atoms with Crippen molar-refractivity contribution in [2.24, 2.45) is 0 Å². The van der Waals surface area contributed by atoms with Crippen LogP contribution in [-0.4, -0.2) is 30.4 Å². The summed E-state index contributed by atoms with van der Waals surface area (Å²) in [6.45, 7) is 3.06. The maximum atomic E-state index is 11.4. The van der Waals surface area contributed by atoms with Crippen LogP contribution in [0.15, 0.2) is 36.4 Å². The molecule has 5 nitrogen and oxygen atoms in total. The van der Waals surface area contributed by atoms with Gasteiger partial charge in [-0.3, -0.25) is 0 Å². The molecule has 1 heterocycles. The Balaban J connectivity index is 2.05. The predicted molar refractivity (Wildman–Crippen MR) is 88.1 cm³/mol. The van der Waals surface area contributed by atoms with E-state index < -0.39 is 5.97 Å². The molecule has 3 rings (SSSR count). The minimum absolute atomic E-state index is 0.0738. The third-order valence-corrected chi connectivity index (χ3v) is 3.95. The van der Waals surface area contributed by atoms with Gasteiger partial charge in [-0.1, -0.05) is 12.1 Å². The zero-order chi connectivity index (χ0) is 17.1. The number of rotatable bonds is 4. The van der Waals surface area contributed by atoms with Crippen molar-refractivity contribution in [2.45, 2.75) is 19.4 Å². The molecule has 1 aliphatic rings. The van der Waals surface area contributed by atoms with Gasteiger partial charge in [0.2, 0.25) is 0 Å². The van der Waals surface area contributed by atoms with Crippen molar-refractivity contribution in [3.63, 3.8) is 0 Å². The molecule has 122 valence electrons. The smallest absolute Gasteiger partial charge is 0.335 e. The molecule has 24 heavy (non-hydrogen) atoms. The number of carboxylic acid groups (broad SMARTS) is 1. The number of benzene rings is 2. The molecule has 5 heteroatoms. The van der Waals surface area contributed by atoms with Gasteiger partial charge in [-0.05, 0) is 47.9 Å². The highest BCUT2D eigenvalue weighted by Gasteiger charge is 2.19. The van der Waals surface area contributed by atoms with Crippen molar-refractivity contribution in [1.29, 1.82) is 5.26 Å². The Morgan fingerprint density at radius 1 is 1.33 bits per heavy atom. The Hall–Kier alpha value is -2.84. The number of carbonyl (C=O) groups is 1. The molecule has 1 atom stereocenters. The zero-order valence-corrected chi connectivity index (χ0v) is 13.3. The number of ether oxygens (including phenoxy) is 2. The molecule has 1 unspecified atom stereocenters. The molecule has 0 aliphatic carbocycles. The first kappa shape index (κ1) is 16.0. The van der Waals surface area contributed by atoms with E-state index in [0.717, 1.165) is 12.0 Å². The van der Waals surface area contributed by atoms with Gasteiger partial charge in [-0.2, -0.15) is 5.26 Å². The summed E-state index contributed by atoms with van der Waals surface area (Å²) in [6.07, 6.45) is 0.705. The maximum absolute atomic E-state index is 11.4. The number of hydrogen-bond acceptors (Lipinski definition) is 4. The first-order chi connectivity index (χ1) is 11.6. The minimum Gasteiger partial charge on any atom is -0.488 e. The molecule has 0 spiro atoms. The van der Waals surface area contributed by atoms with Crippen LogP contribution >= 0.6 is 0 Å². The van der Waals surface area contributed by atoms with Gasteiger partial charge in [-0.15, -0.1) is 0 Å². The Morgan fingerprint density at radius 3 is 2.83 bits per heavy atom. The van der Waals surface area contributed by atoms with Crippen LogP contribution in [0.3, 0.4) is 0 Å². The van der Waals surface area contributed by atoms with Crippen LogP contribution < -0.4 is 4.74 Å². The second-order valence-electron chi connectivity index (χ2n) is 5.82. The average molecular weight is 323 g/mol. The highest BCUT2D eigenvalue weighted by Crippen LogP contribution is 2.30. The average Bonchev–Trinajstić information content (AvgIpc) is 3.07. The zero-order valence-electron chi connectivity index (χ0n) is 13.3. The molecule has 2 aromatic carbocycles. The van der Waals surface area contributed by atoms with E-state index in [0.29, 0.717) is 35.7 Å². The third kappa shape index (κ3) is 3.39. The molecule has 1 saturated heterocycles. The van der Waals surface area contributed by atoms with E-state index in [1.807, 2.05) is 19.1 Å². The number of carboxylic acids is 1. The molecular formula is C19H17NO4. The van der Waals surface area contributed by atoms with Crippen LogP contribution in [0.4, 0.5) is 0 Å². The van der Waals surface area contributed by atoms with Gasteiger partial charge in [0.15, 0.2) is 0 Å². The van der Waals surface area contributed by atoms with Crippen LogP contribution in [0.2, 0.25) is 0 Å². The summed E-state index contributed by atoms with van der Waals surface area (Å²) in [5.74, 6) is -0.556. The van der Waals surface area contributed by atoms with Crippen molar-refractivity contribution < 1.29 is 19.4 Å². The molecule has 0 saturated carbocycles. The lowest BCUT2D eigenvalue weighted by atomic mass is 9.96. The summed E-state index contributed by atoms with van der Waals surface area (Å²) in [5, 5.41) is 18.7. The van der Waals surface area contributed by atoms with Crippen molar-refractivity contribution in [1.82, 2.24) is 0 Å². The van der Waals surface area contributed by atoms with Gasteiger partial charge in [0.25, 0.3) is 0 Å². The van der Waals surface area contributed by atoms with Crippen molar-refractivity contribution >= 4 is 5.97 Å².